The zero-order valence-electron chi connectivity index (χ0n) is 13.3. The van der Waals surface area contributed by atoms with Gasteiger partial charge in [0.25, 0.3) is 0 Å². The van der Waals surface area contributed by atoms with Crippen LogP contribution >= 0.6 is 0 Å². The highest BCUT2D eigenvalue weighted by Crippen LogP contribution is 2.35. The average Bonchev–Trinajstić information content (AvgIpc) is 3.24. The molecule has 2 heterocycles. The number of carbonyl (C=O) groups is 1. The van der Waals surface area contributed by atoms with Gasteiger partial charge in [0.1, 0.15) is 23.5 Å². The lowest BCUT2D eigenvalue weighted by atomic mass is 10.1. The quantitative estimate of drug-likeness (QED) is 0.611. The average molecular weight is 334 g/mol. The minimum atomic E-state index is -0.960. The Morgan fingerprint density at radius 2 is 1.92 bits per heavy atom. The SMILES string of the molecule is COc1ccccc1-c1nc(-c2ccc(C(=O)O)cc2)n2ccoc12. The zero-order valence-corrected chi connectivity index (χ0v) is 13.3. The Morgan fingerprint density at radius 1 is 1.16 bits per heavy atom. The summed E-state index contributed by atoms with van der Waals surface area (Å²) in [5, 5.41) is 9.05. The first kappa shape index (κ1) is 15.0. The monoisotopic (exact) mass is 334 g/mol. The standard InChI is InChI=1S/C19H14N2O4/c1-24-15-5-3-2-4-14(15)16-18-21(10-11-25-18)17(20-16)12-6-8-13(9-7-12)19(22)23/h2-11H,1H3,(H,22,23). The van der Waals surface area contributed by atoms with Gasteiger partial charge >= 0.3 is 5.97 Å². The Labute approximate surface area is 142 Å². The van der Waals surface area contributed by atoms with Crippen molar-refractivity contribution in [3.63, 3.8) is 0 Å². The molecule has 0 atom stereocenters. The van der Waals surface area contributed by atoms with Gasteiger partial charge in [-0.2, -0.15) is 0 Å². The van der Waals surface area contributed by atoms with Gasteiger partial charge in [-0.3, -0.25) is 4.40 Å². The number of nitrogens with zero attached hydrogens (tertiary/aromatic N) is 2. The molecule has 4 rings (SSSR count). The van der Waals surface area contributed by atoms with E-state index >= 15 is 0 Å². The molecule has 1 N–H and O–H groups in total. The molecule has 0 spiro atoms. The highest BCUT2D eigenvalue weighted by molar-refractivity contribution is 5.88. The van der Waals surface area contributed by atoms with Gasteiger partial charge in [-0.1, -0.05) is 24.3 Å². The normalized spacial score (nSPS) is 10.9. The number of para-hydroxylation sites is 1. The smallest absolute Gasteiger partial charge is 0.335 e. The predicted octanol–water partition coefficient (Wildman–Crippen LogP) is 3.97. The van der Waals surface area contributed by atoms with Gasteiger partial charge in [0.05, 0.1) is 12.7 Å². The van der Waals surface area contributed by atoms with E-state index in [0.717, 1.165) is 11.1 Å². The first-order valence-corrected chi connectivity index (χ1v) is 7.61. The highest BCUT2D eigenvalue weighted by Gasteiger charge is 2.19. The Balaban J connectivity index is 1.90. The second-order valence-corrected chi connectivity index (χ2v) is 5.44. The van der Waals surface area contributed by atoms with Crippen molar-refractivity contribution in [3.05, 3.63) is 66.6 Å². The van der Waals surface area contributed by atoms with Crippen LogP contribution in [0.25, 0.3) is 28.4 Å². The fourth-order valence-corrected chi connectivity index (χ4v) is 2.81. The van der Waals surface area contributed by atoms with Crippen LogP contribution in [-0.4, -0.2) is 27.6 Å². The molecule has 124 valence electrons. The number of imidazole rings is 1. The summed E-state index contributed by atoms with van der Waals surface area (Å²) in [5.74, 6) is 0.408. The molecule has 25 heavy (non-hydrogen) atoms. The molecule has 0 aliphatic heterocycles. The minimum Gasteiger partial charge on any atom is -0.496 e. The molecular weight excluding hydrogens is 320 g/mol. The predicted molar refractivity (Wildman–Crippen MR) is 91.8 cm³/mol. The van der Waals surface area contributed by atoms with Crippen molar-refractivity contribution < 1.29 is 19.1 Å². The number of aromatic nitrogens is 2. The maximum Gasteiger partial charge on any atom is 0.335 e. The summed E-state index contributed by atoms with van der Waals surface area (Å²) >= 11 is 0. The molecular formula is C19H14N2O4. The summed E-state index contributed by atoms with van der Waals surface area (Å²) in [5.41, 5.74) is 3.11. The Morgan fingerprint density at radius 3 is 2.64 bits per heavy atom. The fourth-order valence-electron chi connectivity index (χ4n) is 2.81. The van der Waals surface area contributed by atoms with Crippen molar-refractivity contribution >= 4 is 11.7 Å². The van der Waals surface area contributed by atoms with E-state index in [0.29, 0.717) is 23.0 Å². The van der Waals surface area contributed by atoms with Crippen LogP contribution in [0, 0.1) is 0 Å². The maximum absolute atomic E-state index is 11.0. The summed E-state index contributed by atoms with van der Waals surface area (Å²) in [6.45, 7) is 0. The third kappa shape index (κ3) is 2.44. The van der Waals surface area contributed by atoms with E-state index in [1.165, 1.54) is 0 Å². The molecule has 2 aromatic heterocycles. The number of oxazole rings is 1. The molecule has 0 fully saturated rings. The Hall–Kier alpha value is -3.54. The number of rotatable bonds is 4. The molecule has 0 saturated carbocycles. The lowest BCUT2D eigenvalue weighted by Gasteiger charge is -2.04. The summed E-state index contributed by atoms with van der Waals surface area (Å²) in [7, 11) is 1.61. The van der Waals surface area contributed by atoms with Crippen molar-refractivity contribution in [1.82, 2.24) is 9.38 Å². The highest BCUT2D eigenvalue weighted by atomic mass is 16.5. The van der Waals surface area contributed by atoms with Crippen LogP contribution in [0.3, 0.4) is 0 Å². The van der Waals surface area contributed by atoms with Gasteiger partial charge in [0.2, 0.25) is 5.71 Å². The zero-order chi connectivity index (χ0) is 17.4. The fraction of sp³-hybridized carbons (Fsp3) is 0.0526. The molecule has 0 unspecified atom stereocenters. The van der Waals surface area contributed by atoms with Crippen molar-refractivity contribution in [2.24, 2.45) is 0 Å². The van der Waals surface area contributed by atoms with Crippen molar-refractivity contribution in [2.75, 3.05) is 7.11 Å². The van der Waals surface area contributed by atoms with Gasteiger partial charge in [-0.05, 0) is 24.3 Å². The molecule has 0 amide bonds. The molecule has 4 aromatic rings. The van der Waals surface area contributed by atoms with Gasteiger partial charge in [0, 0.05) is 17.3 Å². The van der Waals surface area contributed by atoms with Gasteiger partial charge in [0.15, 0.2) is 0 Å². The van der Waals surface area contributed by atoms with E-state index in [2.05, 4.69) is 0 Å². The van der Waals surface area contributed by atoms with E-state index in [4.69, 9.17) is 19.2 Å². The number of ether oxygens (including phenoxy) is 1. The van der Waals surface area contributed by atoms with Crippen LogP contribution in [0.2, 0.25) is 0 Å². The molecule has 6 nitrogen and oxygen atoms in total. The van der Waals surface area contributed by atoms with E-state index < -0.39 is 5.97 Å². The second-order valence-electron chi connectivity index (χ2n) is 5.44. The minimum absolute atomic E-state index is 0.230. The molecule has 0 radical (unpaired) electrons. The summed E-state index contributed by atoms with van der Waals surface area (Å²) < 4.78 is 12.9. The maximum atomic E-state index is 11.0. The van der Waals surface area contributed by atoms with E-state index in [-0.39, 0.29) is 5.56 Å². The number of hydrogen-bond donors (Lipinski definition) is 1. The van der Waals surface area contributed by atoms with Crippen LogP contribution < -0.4 is 4.74 Å². The summed E-state index contributed by atoms with van der Waals surface area (Å²) in [6, 6.07) is 14.2. The van der Waals surface area contributed by atoms with Crippen LogP contribution in [0.1, 0.15) is 10.4 Å². The first-order valence-electron chi connectivity index (χ1n) is 7.61. The van der Waals surface area contributed by atoms with Crippen molar-refractivity contribution in [3.8, 4) is 28.4 Å². The molecule has 0 aliphatic rings. The molecule has 6 heteroatoms. The second kappa shape index (κ2) is 5.83. The lowest BCUT2D eigenvalue weighted by Crippen LogP contribution is -1.95. The van der Waals surface area contributed by atoms with Crippen LogP contribution in [0.5, 0.6) is 5.75 Å². The van der Waals surface area contributed by atoms with Crippen molar-refractivity contribution in [1.29, 1.82) is 0 Å². The van der Waals surface area contributed by atoms with E-state index in [1.807, 2.05) is 28.7 Å². The van der Waals surface area contributed by atoms with Gasteiger partial charge in [-0.15, -0.1) is 0 Å². The molecule has 0 bridgehead atoms. The molecule has 0 aliphatic carbocycles. The third-order valence-electron chi connectivity index (χ3n) is 4.01. The summed E-state index contributed by atoms with van der Waals surface area (Å²) in [6.07, 6.45) is 3.37. The topological polar surface area (TPSA) is 77.0 Å². The summed E-state index contributed by atoms with van der Waals surface area (Å²) in [4.78, 5) is 15.7. The van der Waals surface area contributed by atoms with Crippen LogP contribution in [-0.2, 0) is 0 Å². The number of benzene rings is 2. The van der Waals surface area contributed by atoms with Gasteiger partial charge < -0.3 is 14.3 Å². The number of aromatic carboxylic acids is 1. The number of carboxylic acid groups (broad SMARTS) is 1. The van der Waals surface area contributed by atoms with Crippen LogP contribution in [0.4, 0.5) is 0 Å². The van der Waals surface area contributed by atoms with E-state index in [1.54, 1.807) is 43.8 Å². The number of fused-ring (bicyclic) bond motifs is 1. The van der Waals surface area contributed by atoms with E-state index in [9.17, 15) is 4.79 Å². The first-order chi connectivity index (χ1) is 12.2. The third-order valence-corrected chi connectivity index (χ3v) is 4.01. The number of methoxy groups -OCH3 is 1. The van der Waals surface area contributed by atoms with Gasteiger partial charge in [-0.25, -0.2) is 9.78 Å². The number of carboxylic acids is 1. The lowest BCUT2D eigenvalue weighted by molar-refractivity contribution is 0.0697. The van der Waals surface area contributed by atoms with Crippen molar-refractivity contribution in [2.45, 2.75) is 0 Å². The number of hydrogen-bond acceptors (Lipinski definition) is 4. The molecule has 2 aromatic carbocycles. The van der Waals surface area contributed by atoms with Crippen LogP contribution in [0.15, 0.2) is 65.4 Å². The molecule has 0 saturated heterocycles. The Kier molecular flexibility index (Phi) is 3.50. The largest absolute Gasteiger partial charge is 0.496 e. The Bertz CT molecular complexity index is 1060.